The van der Waals surface area contributed by atoms with Gasteiger partial charge in [-0.1, -0.05) is 37.1 Å². The molecular formula is C19H31N3O3S. The molecule has 0 saturated carbocycles. The lowest BCUT2D eigenvalue weighted by Crippen LogP contribution is -2.41. The number of sulfone groups is 1. The van der Waals surface area contributed by atoms with Gasteiger partial charge in [0, 0.05) is 19.3 Å². The molecule has 2 rings (SSSR count). The van der Waals surface area contributed by atoms with Crippen molar-refractivity contribution in [2.45, 2.75) is 51.2 Å². The first-order valence-electron chi connectivity index (χ1n) is 9.35. The first-order valence-corrected chi connectivity index (χ1v) is 11.4. The van der Waals surface area contributed by atoms with Crippen molar-refractivity contribution in [3.05, 3.63) is 35.4 Å². The topological polar surface area (TPSA) is 92.5 Å². The summed E-state index contributed by atoms with van der Waals surface area (Å²) < 4.78 is 22.3. The van der Waals surface area contributed by atoms with E-state index in [9.17, 15) is 13.2 Å². The minimum Gasteiger partial charge on any atom is -0.351 e. The lowest BCUT2D eigenvalue weighted by atomic mass is 10.1. The van der Waals surface area contributed by atoms with Crippen LogP contribution in [0.2, 0.25) is 0 Å². The average molecular weight is 382 g/mol. The van der Waals surface area contributed by atoms with E-state index in [-0.39, 0.29) is 18.1 Å². The highest BCUT2D eigenvalue weighted by atomic mass is 32.2. The van der Waals surface area contributed by atoms with Crippen molar-refractivity contribution in [1.29, 1.82) is 0 Å². The Labute approximate surface area is 157 Å². The van der Waals surface area contributed by atoms with E-state index in [4.69, 9.17) is 5.73 Å². The molecule has 1 amide bonds. The summed E-state index contributed by atoms with van der Waals surface area (Å²) >= 11 is 0. The number of amides is 1. The van der Waals surface area contributed by atoms with Crippen molar-refractivity contribution >= 4 is 15.7 Å². The standard InChI is InChI=1S/C19H31N3O3S/c1-26(24,25)13-10-18(20)19(23)21-14-16-6-8-17(9-7-16)15-22-11-4-2-3-5-12-22/h6-9,18H,2-5,10-15,20H2,1H3,(H,21,23). The molecule has 7 heteroatoms. The van der Waals surface area contributed by atoms with Crippen LogP contribution in [0.4, 0.5) is 0 Å². The van der Waals surface area contributed by atoms with Gasteiger partial charge >= 0.3 is 0 Å². The third-order valence-corrected chi connectivity index (χ3v) is 5.71. The van der Waals surface area contributed by atoms with Gasteiger partial charge in [0.05, 0.1) is 11.8 Å². The minimum absolute atomic E-state index is 0.0766. The molecule has 1 aliphatic rings. The molecule has 0 aromatic heterocycles. The van der Waals surface area contributed by atoms with Gasteiger partial charge in [-0.25, -0.2) is 8.42 Å². The van der Waals surface area contributed by atoms with E-state index in [2.05, 4.69) is 22.3 Å². The second-order valence-corrected chi connectivity index (χ2v) is 9.51. The summed E-state index contributed by atoms with van der Waals surface area (Å²) in [4.78, 5) is 14.5. The fraction of sp³-hybridized carbons (Fsp3) is 0.632. The number of hydrogen-bond donors (Lipinski definition) is 2. The molecule has 1 unspecified atom stereocenters. The summed E-state index contributed by atoms with van der Waals surface area (Å²) in [6.07, 6.45) is 6.51. The molecule has 1 aliphatic heterocycles. The average Bonchev–Trinajstić information content (AvgIpc) is 2.87. The van der Waals surface area contributed by atoms with E-state index in [1.807, 2.05) is 12.1 Å². The second-order valence-electron chi connectivity index (χ2n) is 7.25. The molecule has 0 bridgehead atoms. The number of likely N-dealkylation sites (tertiary alicyclic amines) is 1. The van der Waals surface area contributed by atoms with Crippen LogP contribution in [-0.4, -0.2) is 50.4 Å². The van der Waals surface area contributed by atoms with Crippen molar-refractivity contribution in [1.82, 2.24) is 10.2 Å². The normalized spacial score (nSPS) is 17.5. The zero-order chi connectivity index (χ0) is 19.0. The van der Waals surface area contributed by atoms with Gasteiger partial charge in [-0.3, -0.25) is 9.69 Å². The van der Waals surface area contributed by atoms with Crippen molar-refractivity contribution in [3.63, 3.8) is 0 Å². The fourth-order valence-electron chi connectivity index (χ4n) is 3.11. The van der Waals surface area contributed by atoms with Crippen molar-refractivity contribution in [2.75, 3.05) is 25.1 Å². The van der Waals surface area contributed by atoms with E-state index < -0.39 is 15.9 Å². The van der Waals surface area contributed by atoms with Gasteiger partial charge in [-0.15, -0.1) is 0 Å². The first kappa shape index (κ1) is 20.9. The second kappa shape index (κ2) is 10.0. The van der Waals surface area contributed by atoms with Crippen LogP contribution in [0.25, 0.3) is 0 Å². The van der Waals surface area contributed by atoms with Crippen LogP contribution in [0.15, 0.2) is 24.3 Å². The Bertz CT molecular complexity index is 666. The number of nitrogens with one attached hydrogen (secondary N) is 1. The molecule has 0 radical (unpaired) electrons. The number of rotatable bonds is 8. The van der Waals surface area contributed by atoms with Crippen LogP contribution in [0.5, 0.6) is 0 Å². The molecule has 1 aromatic rings. The van der Waals surface area contributed by atoms with E-state index in [0.29, 0.717) is 6.54 Å². The molecule has 3 N–H and O–H groups in total. The molecule has 6 nitrogen and oxygen atoms in total. The Morgan fingerprint density at radius 3 is 2.27 bits per heavy atom. The minimum atomic E-state index is -3.10. The number of nitrogens with two attached hydrogens (primary N) is 1. The van der Waals surface area contributed by atoms with E-state index >= 15 is 0 Å². The number of hydrogen-bond acceptors (Lipinski definition) is 5. The summed E-state index contributed by atoms with van der Waals surface area (Å²) in [5.41, 5.74) is 8.04. The van der Waals surface area contributed by atoms with Crippen LogP contribution in [-0.2, 0) is 27.7 Å². The van der Waals surface area contributed by atoms with Gasteiger partial charge in [0.2, 0.25) is 5.91 Å². The number of carbonyl (C=O) groups is 1. The van der Waals surface area contributed by atoms with E-state index in [0.717, 1.165) is 18.4 Å². The predicted molar refractivity (Wildman–Crippen MR) is 104 cm³/mol. The number of benzene rings is 1. The predicted octanol–water partition coefficient (Wildman–Crippen LogP) is 1.44. The van der Waals surface area contributed by atoms with Crippen LogP contribution in [0.1, 0.15) is 43.2 Å². The van der Waals surface area contributed by atoms with Crippen LogP contribution < -0.4 is 11.1 Å². The first-order chi connectivity index (χ1) is 12.3. The maximum atomic E-state index is 12.0. The highest BCUT2D eigenvalue weighted by Crippen LogP contribution is 2.14. The number of nitrogens with zero attached hydrogens (tertiary/aromatic N) is 1. The third kappa shape index (κ3) is 7.85. The maximum absolute atomic E-state index is 12.0. The van der Waals surface area contributed by atoms with E-state index in [1.54, 1.807) is 0 Å². The van der Waals surface area contributed by atoms with Crippen LogP contribution in [0.3, 0.4) is 0 Å². The highest BCUT2D eigenvalue weighted by molar-refractivity contribution is 7.90. The summed E-state index contributed by atoms with van der Waals surface area (Å²) in [5.74, 6) is -0.394. The molecular weight excluding hydrogens is 350 g/mol. The smallest absolute Gasteiger partial charge is 0.237 e. The lowest BCUT2D eigenvalue weighted by molar-refractivity contribution is -0.122. The maximum Gasteiger partial charge on any atom is 0.237 e. The Kier molecular flexibility index (Phi) is 8.06. The molecule has 1 fully saturated rings. The summed E-state index contributed by atoms with van der Waals surface area (Å²) in [6, 6.07) is 7.46. The van der Waals surface area contributed by atoms with Gasteiger partial charge in [-0.05, 0) is 43.5 Å². The Morgan fingerprint density at radius 1 is 1.12 bits per heavy atom. The van der Waals surface area contributed by atoms with Crippen molar-refractivity contribution in [2.24, 2.45) is 5.73 Å². The van der Waals surface area contributed by atoms with Crippen LogP contribution >= 0.6 is 0 Å². The van der Waals surface area contributed by atoms with Gasteiger partial charge in [0.15, 0.2) is 0 Å². The van der Waals surface area contributed by atoms with Crippen molar-refractivity contribution < 1.29 is 13.2 Å². The Morgan fingerprint density at radius 2 is 1.69 bits per heavy atom. The molecule has 1 aromatic carbocycles. The molecule has 1 atom stereocenters. The summed E-state index contributed by atoms with van der Waals surface area (Å²) in [7, 11) is -3.10. The highest BCUT2D eigenvalue weighted by Gasteiger charge is 2.15. The lowest BCUT2D eigenvalue weighted by Gasteiger charge is -2.20. The van der Waals surface area contributed by atoms with Crippen LogP contribution in [0, 0.1) is 0 Å². The fourth-order valence-corrected chi connectivity index (χ4v) is 3.79. The van der Waals surface area contributed by atoms with Crippen molar-refractivity contribution in [3.8, 4) is 0 Å². The molecule has 0 spiro atoms. The van der Waals surface area contributed by atoms with Gasteiger partial charge < -0.3 is 11.1 Å². The third-order valence-electron chi connectivity index (χ3n) is 4.73. The quantitative estimate of drug-likeness (QED) is 0.711. The van der Waals surface area contributed by atoms with E-state index in [1.165, 1.54) is 44.3 Å². The molecule has 0 aliphatic carbocycles. The molecule has 146 valence electrons. The van der Waals surface area contributed by atoms with Gasteiger partial charge in [0.25, 0.3) is 0 Å². The zero-order valence-electron chi connectivity index (χ0n) is 15.6. The Balaban J connectivity index is 1.76. The molecule has 1 saturated heterocycles. The monoisotopic (exact) mass is 381 g/mol. The van der Waals surface area contributed by atoms with Gasteiger partial charge in [0.1, 0.15) is 9.84 Å². The molecule has 1 heterocycles. The summed E-state index contributed by atoms with van der Waals surface area (Å²) in [6.45, 7) is 3.71. The molecule has 26 heavy (non-hydrogen) atoms. The SMILES string of the molecule is CS(=O)(=O)CCC(N)C(=O)NCc1ccc(CN2CCCCCC2)cc1. The zero-order valence-corrected chi connectivity index (χ0v) is 16.4. The van der Waals surface area contributed by atoms with Gasteiger partial charge in [-0.2, -0.15) is 0 Å². The largest absolute Gasteiger partial charge is 0.351 e. The summed E-state index contributed by atoms with van der Waals surface area (Å²) in [5, 5.41) is 2.77. The number of carbonyl (C=O) groups excluding carboxylic acids is 1. The Hall–Kier alpha value is -1.44.